The molecule has 1 unspecified atom stereocenters. The predicted molar refractivity (Wildman–Crippen MR) is 40.5 cm³/mol. The Bertz CT molecular complexity index is 56.9. The van der Waals surface area contributed by atoms with Gasteiger partial charge in [-0.05, 0) is 13.3 Å². The van der Waals surface area contributed by atoms with Crippen LogP contribution in [0.1, 0.15) is 39.5 Å². The molecule has 0 aliphatic heterocycles. The summed E-state index contributed by atoms with van der Waals surface area (Å²) in [5.41, 5.74) is 0. The Kier molecular flexibility index (Phi) is 6.55. The maximum atomic E-state index is 5.13. The summed E-state index contributed by atoms with van der Waals surface area (Å²) in [6, 6.07) is 0. The van der Waals surface area contributed by atoms with Gasteiger partial charge in [0.15, 0.2) is 0 Å². The number of unbranched alkanes of at least 4 members (excludes halogenated alkanes) is 2. The molecule has 2 heteroatoms. The fourth-order valence-corrected chi connectivity index (χ4v) is 0.815. The highest BCUT2D eigenvalue weighted by Gasteiger charge is 1.98. The van der Waals surface area contributed by atoms with Crippen molar-refractivity contribution in [2.45, 2.75) is 45.6 Å². The Morgan fingerprint density at radius 3 is 2.56 bits per heavy atom. The molecular formula is C7H15ClO. The number of rotatable bonds is 5. The Morgan fingerprint density at radius 2 is 2.11 bits per heavy atom. The summed E-state index contributed by atoms with van der Waals surface area (Å²) in [7, 11) is 0. The van der Waals surface area contributed by atoms with E-state index in [-0.39, 0.29) is 6.10 Å². The molecule has 0 radical (unpaired) electrons. The second-order valence-corrected chi connectivity index (χ2v) is 2.57. The molecule has 0 saturated carbocycles. The number of hydrogen-bond acceptors (Lipinski definition) is 1. The van der Waals surface area contributed by atoms with Gasteiger partial charge in [0, 0.05) is 0 Å². The van der Waals surface area contributed by atoms with Crippen LogP contribution in [0.4, 0.5) is 0 Å². The first-order valence-electron chi connectivity index (χ1n) is 3.58. The van der Waals surface area contributed by atoms with Gasteiger partial charge in [0.2, 0.25) is 0 Å². The van der Waals surface area contributed by atoms with Gasteiger partial charge in [-0.25, -0.2) is 0 Å². The maximum absolute atomic E-state index is 5.13. The van der Waals surface area contributed by atoms with Gasteiger partial charge in [-0.1, -0.05) is 26.2 Å². The molecule has 0 bridgehead atoms. The lowest BCUT2D eigenvalue weighted by atomic mass is 10.1. The van der Waals surface area contributed by atoms with Crippen LogP contribution in [-0.2, 0) is 4.29 Å². The van der Waals surface area contributed by atoms with Crippen LogP contribution in [-0.4, -0.2) is 6.10 Å². The molecule has 0 aliphatic rings. The van der Waals surface area contributed by atoms with E-state index in [1.807, 2.05) is 6.92 Å². The van der Waals surface area contributed by atoms with E-state index >= 15 is 0 Å². The van der Waals surface area contributed by atoms with Crippen molar-refractivity contribution in [3.05, 3.63) is 0 Å². The van der Waals surface area contributed by atoms with Crippen molar-refractivity contribution < 1.29 is 4.29 Å². The molecule has 0 N–H and O–H groups in total. The van der Waals surface area contributed by atoms with Crippen LogP contribution in [0.5, 0.6) is 0 Å². The average Bonchev–Trinajstić information content (AvgIpc) is 1.89. The molecule has 0 aromatic heterocycles. The zero-order chi connectivity index (χ0) is 7.11. The highest BCUT2D eigenvalue weighted by atomic mass is 35.5. The Balaban J connectivity index is 2.88. The molecule has 56 valence electrons. The summed E-state index contributed by atoms with van der Waals surface area (Å²) in [6.07, 6.45) is 5.07. The second kappa shape index (κ2) is 6.37. The van der Waals surface area contributed by atoms with Gasteiger partial charge in [-0.15, -0.1) is 0 Å². The molecule has 0 aromatic carbocycles. The van der Waals surface area contributed by atoms with Gasteiger partial charge in [0.1, 0.15) is 0 Å². The third kappa shape index (κ3) is 6.13. The summed E-state index contributed by atoms with van der Waals surface area (Å²) >= 11 is 5.13. The first kappa shape index (κ1) is 9.25. The molecule has 0 aromatic rings. The van der Waals surface area contributed by atoms with Crippen molar-refractivity contribution in [1.29, 1.82) is 0 Å². The average molecular weight is 151 g/mol. The van der Waals surface area contributed by atoms with E-state index in [1.54, 1.807) is 0 Å². The molecule has 0 fully saturated rings. The summed E-state index contributed by atoms with van der Waals surface area (Å²) in [5, 5.41) is 0. The highest BCUT2D eigenvalue weighted by molar-refractivity contribution is 6.07. The highest BCUT2D eigenvalue weighted by Crippen LogP contribution is 2.06. The fraction of sp³-hybridized carbons (Fsp3) is 1.00. The molecule has 1 atom stereocenters. The van der Waals surface area contributed by atoms with Crippen molar-refractivity contribution in [3.8, 4) is 0 Å². The van der Waals surface area contributed by atoms with E-state index in [0.29, 0.717) is 0 Å². The fourth-order valence-electron chi connectivity index (χ4n) is 0.726. The van der Waals surface area contributed by atoms with Gasteiger partial charge in [-0.2, -0.15) is 0 Å². The maximum Gasteiger partial charge on any atom is 0.0762 e. The van der Waals surface area contributed by atoms with Crippen molar-refractivity contribution in [3.63, 3.8) is 0 Å². The first-order chi connectivity index (χ1) is 4.31. The van der Waals surface area contributed by atoms with Crippen LogP contribution < -0.4 is 0 Å². The number of halogens is 1. The van der Waals surface area contributed by atoms with Crippen molar-refractivity contribution in [2.24, 2.45) is 0 Å². The number of hydrogen-bond donors (Lipinski definition) is 0. The van der Waals surface area contributed by atoms with E-state index < -0.39 is 0 Å². The van der Waals surface area contributed by atoms with Gasteiger partial charge in [0.05, 0.1) is 18.0 Å². The summed E-state index contributed by atoms with van der Waals surface area (Å²) in [5.74, 6) is 0. The Morgan fingerprint density at radius 1 is 1.44 bits per heavy atom. The second-order valence-electron chi connectivity index (χ2n) is 2.40. The van der Waals surface area contributed by atoms with Gasteiger partial charge in [0.25, 0.3) is 0 Å². The largest absolute Gasteiger partial charge is 0.276 e. The minimum absolute atomic E-state index is 0.221. The van der Waals surface area contributed by atoms with E-state index in [9.17, 15) is 0 Å². The normalized spacial score (nSPS) is 13.7. The lowest BCUT2D eigenvalue weighted by molar-refractivity contribution is 0.228. The van der Waals surface area contributed by atoms with Crippen LogP contribution in [0, 0.1) is 0 Å². The van der Waals surface area contributed by atoms with Crippen LogP contribution in [0.15, 0.2) is 0 Å². The van der Waals surface area contributed by atoms with Gasteiger partial charge < -0.3 is 0 Å². The van der Waals surface area contributed by atoms with E-state index in [0.717, 1.165) is 6.42 Å². The molecule has 0 aliphatic carbocycles. The standard InChI is InChI=1S/C7H15ClO/c1-3-4-5-6-7(2)9-8/h7H,3-6H2,1-2H3. The quantitative estimate of drug-likeness (QED) is 0.548. The molecule has 0 rings (SSSR count). The summed E-state index contributed by atoms with van der Waals surface area (Å²) in [4.78, 5) is 0. The van der Waals surface area contributed by atoms with Crippen LogP contribution >= 0.6 is 11.9 Å². The molecule has 1 nitrogen and oxygen atoms in total. The monoisotopic (exact) mass is 150 g/mol. The van der Waals surface area contributed by atoms with Crippen LogP contribution in [0.2, 0.25) is 0 Å². The molecule has 0 heterocycles. The zero-order valence-electron chi connectivity index (χ0n) is 6.19. The summed E-state index contributed by atoms with van der Waals surface area (Å²) < 4.78 is 4.57. The van der Waals surface area contributed by atoms with Crippen molar-refractivity contribution in [1.82, 2.24) is 0 Å². The predicted octanol–water partition coefficient (Wildman–Crippen LogP) is 3.13. The molecule has 9 heavy (non-hydrogen) atoms. The lowest BCUT2D eigenvalue weighted by Crippen LogP contribution is -1.99. The third-order valence-corrected chi connectivity index (χ3v) is 1.67. The van der Waals surface area contributed by atoms with E-state index in [4.69, 9.17) is 11.9 Å². The van der Waals surface area contributed by atoms with Gasteiger partial charge >= 0.3 is 0 Å². The Labute approximate surface area is 62.5 Å². The molecule has 0 amide bonds. The third-order valence-electron chi connectivity index (χ3n) is 1.37. The minimum Gasteiger partial charge on any atom is -0.276 e. The van der Waals surface area contributed by atoms with Crippen LogP contribution in [0.3, 0.4) is 0 Å². The van der Waals surface area contributed by atoms with Crippen LogP contribution in [0.25, 0.3) is 0 Å². The minimum atomic E-state index is 0.221. The molecular weight excluding hydrogens is 136 g/mol. The lowest BCUT2D eigenvalue weighted by Gasteiger charge is -2.04. The smallest absolute Gasteiger partial charge is 0.0762 e. The zero-order valence-corrected chi connectivity index (χ0v) is 6.95. The molecule has 0 saturated heterocycles. The van der Waals surface area contributed by atoms with Crippen molar-refractivity contribution >= 4 is 11.9 Å². The topological polar surface area (TPSA) is 9.23 Å². The van der Waals surface area contributed by atoms with E-state index in [2.05, 4.69) is 11.2 Å². The molecule has 0 spiro atoms. The van der Waals surface area contributed by atoms with Gasteiger partial charge in [-0.3, -0.25) is 4.29 Å². The first-order valence-corrected chi connectivity index (χ1v) is 3.89. The van der Waals surface area contributed by atoms with Crippen molar-refractivity contribution in [2.75, 3.05) is 0 Å². The van der Waals surface area contributed by atoms with E-state index in [1.165, 1.54) is 19.3 Å². The Hall–Kier alpha value is 0.250. The summed E-state index contributed by atoms with van der Waals surface area (Å²) in [6.45, 7) is 4.18. The SMILES string of the molecule is CCCCCC(C)OCl.